The van der Waals surface area contributed by atoms with Gasteiger partial charge in [0.1, 0.15) is 5.75 Å². The number of methoxy groups -OCH3 is 1. The van der Waals surface area contributed by atoms with Crippen LogP contribution in [0.5, 0.6) is 5.75 Å². The summed E-state index contributed by atoms with van der Waals surface area (Å²) in [6.07, 6.45) is 0.998. The van der Waals surface area contributed by atoms with Crippen molar-refractivity contribution in [3.8, 4) is 17.1 Å². The molecule has 1 amide bonds. The topological polar surface area (TPSA) is 106 Å². The Hall–Kier alpha value is -2.90. The second-order valence-electron chi connectivity index (χ2n) is 6.67. The molecule has 2 aromatic rings. The standard InChI is InChI=1S/C18H21N3O5/c1-18(17(23)24)9-10-21(11-18)15(22)8-7-14-19-16(20-26-14)12-3-5-13(25-2)6-4-12/h3-6H,7-11H2,1-2H3,(H,23,24)/t18-/m1/s1. The minimum atomic E-state index is -0.867. The van der Waals surface area contributed by atoms with Crippen molar-refractivity contribution in [3.05, 3.63) is 30.2 Å². The van der Waals surface area contributed by atoms with Crippen LogP contribution in [0.25, 0.3) is 11.4 Å². The van der Waals surface area contributed by atoms with E-state index in [4.69, 9.17) is 9.26 Å². The van der Waals surface area contributed by atoms with E-state index in [0.717, 1.165) is 11.3 Å². The fourth-order valence-electron chi connectivity index (χ4n) is 2.93. The Morgan fingerprint density at radius 3 is 2.69 bits per heavy atom. The van der Waals surface area contributed by atoms with E-state index in [1.165, 1.54) is 0 Å². The lowest BCUT2D eigenvalue weighted by atomic mass is 9.90. The first kappa shape index (κ1) is 17.9. The first-order chi connectivity index (χ1) is 12.4. The number of nitrogens with zero attached hydrogens (tertiary/aromatic N) is 3. The summed E-state index contributed by atoms with van der Waals surface area (Å²) in [5, 5.41) is 13.2. The molecule has 138 valence electrons. The zero-order valence-corrected chi connectivity index (χ0v) is 14.8. The molecule has 1 fully saturated rings. The van der Waals surface area contributed by atoms with Gasteiger partial charge in [-0.15, -0.1) is 0 Å². The van der Waals surface area contributed by atoms with Crippen molar-refractivity contribution in [2.24, 2.45) is 5.41 Å². The maximum Gasteiger partial charge on any atom is 0.311 e. The van der Waals surface area contributed by atoms with Gasteiger partial charge < -0.3 is 19.3 Å². The summed E-state index contributed by atoms with van der Waals surface area (Å²) in [6, 6.07) is 7.27. The van der Waals surface area contributed by atoms with E-state index >= 15 is 0 Å². The molecule has 1 aliphatic heterocycles. The van der Waals surface area contributed by atoms with Gasteiger partial charge in [0.05, 0.1) is 12.5 Å². The number of carboxylic acid groups (broad SMARTS) is 1. The summed E-state index contributed by atoms with van der Waals surface area (Å²) < 4.78 is 10.3. The molecule has 26 heavy (non-hydrogen) atoms. The minimum Gasteiger partial charge on any atom is -0.497 e. The average molecular weight is 359 g/mol. The van der Waals surface area contributed by atoms with Crippen molar-refractivity contribution < 1.29 is 24.0 Å². The summed E-state index contributed by atoms with van der Waals surface area (Å²) >= 11 is 0. The van der Waals surface area contributed by atoms with Crippen LogP contribution in [0.1, 0.15) is 25.7 Å². The number of amides is 1. The highest BCUT2D eigenvalue weighted by Gasteiger charge is 2.41. The Labute approximate surface area is 150 Å². The molecule has 1 saturated heterocycles. The number of carbonyl (C=O) groups excluding carboxylic acids is 1. The summed E-state index contributed by atoms with van der Waals surface area (Å²) in [5.74, 6) is 0.606. The van der Waals surface area contributed by atoms with Gasteiger partial charge in [-0.25, -0.2) is 0 Å². The highest BCUT2D eigenvalue weighted by Crippen LogP contribution is 2.30. The zero-order valence-electron chi connectivity index (χ0n) is 14.8. The summed E-state index contributed by atoms with van der Waals surface area (Å²) in [5.41, 5.74) is -0.0642. The van der Waals surface area contributed by atoms with E-state index in [9.17, 15) is 14.7 Å². The molecule has 1 N–H and O–H groups in total. The van der Waals surface area contributed by atoms with Crippen LogP contribution in [0.4, 0.5) is 0 Å². The third-order valence-corrected chi connectivity index (χ3v) is 4.71. The van der Waals surface area contributed by atoms with Crippen molar-refractivity contribution in [1.29, 1.82) is 0 Å². The minimum absolute atomic E-state index is 0.0980. The van der Waals surface area contributed by atoms with Crippen molar-refractivity contribution >= 4 is 11.9 Å². The quantitative estimate of drug-likeness (QED) is 0.841. The van der Waals surface area contributed by atoms with Crippen LogP contribution in [0, 0.1) is 5.41 Å². The second kappa shape index (κ2) is 7.15. The lowest BCUT2D eigenvalue weighted by Gasteiger charge is -2.19. The summed E-state index contributed by atoms with van der Waals surface area (Å²) in [4.78, 5) is 29.5. The number of ether oxygens (including phenoxy) is 1. The van der Waals surface area contributed by atoms with Gasteiger partial charge in [0.15, 0.2) is 0 Å². The molecule has 1 aliphatic rings. The Balaban J connectivity index is 1.56. The fraction of sp³-hybridized carbons (Fsp3) is 0.444. The van der Waals surface area contributed by atoms with E-state index in [2.05, 4.69) is 10.1 Å². The summed E-state index contributed by atoms with van der Waals surface area (Å²) in [7, 11) is 1.60. The molecule has 0 bridgehead atoms. The van der Waals surface area contributed by atoms with Crippen LogP contribution in [0.15, 0.2) is 28.8 Å². The Bertz CT molecular complexity index is 801. The largest absolute Gasteiger partial charge is 0.497 e. The number of hydrogen-bond acceptors (Lipinski definition) is 6. The van der Waals surface area contributed by atoms with Crippen LogP contribution in [0.3, 0.4) is 0 Å². The van der Waals surface area contributed by atoms with Gasteiger partial charge in [-0.1, -0.05) is 5.16 Å². The molecular formula is C18H21N3O5. The van der Waals surface area contributed by atoms with Crippen molar-refractivity contribution in [2.45, 2.75) is 26.2 Å². The average Bonchev–Trinajstić information content (AvgIpc) is 3.27. The van der Waals surface area contributed by atoms with Gasteiger partial charge in [-0.2, -0.15) is 4.98 Å². The van der Waals surface area contributed by atoms with Gasteiger partial charge in [0.25, 0.3) is 0 Å². The molecule has 2 heterocycles. The smallest absolute Gasteiger partial charge is 0.311 e. The molecule has 0 unspecified atom stereocenters. The molecule has 0 aliphatic carbocycles. The van der Waals surface area contributed by atoms with Crippen LogP contribution in [0.2, 0.25) is 0 Å². The third-order valence-electron chi connectivity index (χ3n) is 4.71. The number of carbonyl (C=O) groups is 2. The summed E-state index contributed by atoms with van der Waals surface area (Å²) in [6.45, 7) is 2.37. The maximum absolute atomic E-state index is 12.3. The normalized spacial score (nSPS) is 19.5. The van der Waals surface area contributed by atoms with Gasteiger partial charge >= 0.3 is 5.97 Å². The Morgan fingerprint density at radius 1 is 1.35 bits per heavy atom. The SMILES string of the molecule is COc1ccc(-c2noc(CCC(=O)N3CC[C@@](C)(C(=O)O)C3)n2)cc1. The molecule has 1 atom stereocenters. The highest BCUT2D eigenvalue weighted by molar-refractivity contribution is 5.80. The fourth-order valence-corrected chi connectivity index (χ4v) is 2.93. The monoisotopic (exact) mass is 359 g/mol. The van der Waals surface area contributed by atoms with Crippen LogP contribution >= 0.6 is 0 Å². The lowest BCUT2D eigenvalue weighted by molar-refractivity contribution is -0.147. The van der Waals surface area contributed by atoms with Gasteiger partial charge in [-0.3, -0.25) is 9.59 Å². The van der Waals surface area contributed by atoms with Gasteiger partial charge in [-0.05, 0) is 37.6 Å². The molecule has 0 saturated carbocycles. The predicted molar refractivity (Wildman–Crippen MR) is 91.5 cm³/mol. The first-order valence-corrected chi connectivity index (χ1v) is 8.39. The van der Waals surface area contributed by atoms with Gasteiger partial charge in [0.2, 0.25) is 17.6 Å². The van der Waals surface area contributed by atoms with Crippen LogP contribution in [-0.2, 0) is 16.0 Å². The van der Waals surface area contributed by atoms with E-state index in [1.807, 2.05) is 24.3 Å². The van der Waals surface area contributed by atoms with Crippen molar-refractivity contribution in [3.63, 3.8) is 0 Å². The molecule has 1 aromatic carbocycles. The number of hydrogen-bond donors (Lipinski definition) is 1. The van der Waals surface area contributed by atoms with Crippen molar-refractivity contribution in [2.75, 3.05) is 20.2 Å². The Kier molecular flexibility index (Phi) is 4.92. The third kappa shape index (κ3) is 3.68. The molecule has 1 aromatic heterocycles. The predicted octanol–water partition coefficient (Wildman–Crippen LogP) is 2.00. The lowest BCUT2D eigenvalue weighted by Crippen LogP contribution is -2.34. The van der Waals surface area contributed by atoms with Crippen LogP contribution in [-0.4, -0.2) is 52.2 Å². The molecule has 8 heteroatoms. The zero-order chi connectivity index (χ0) is 18.7. The second-order valence-corrected chi connectivity index (χ2v) is 6.67. The molecular weight excluding hydrogens is 338 g/mol. The van der Waals surface area contributed by atoms with E-state index in [0.29, 0.717) is 31.1 Å². The van der Waals surface area contributed by atoms with Crippen molar-refractivity contribution in [1.82, 2.24) is 15.0 Å². The number of aromatic nitrogens is 2. The molecule has 0 spiro atoms. The number of likely N-dealkylation sites (tertiary alicyclic amines) is 1. The molecule has 8 nitrogen and oxygen atoms in total. The van der Waals surface area contributed by atoms with E-state index < -0.39 is 11.4 Å². The number of aliphatic carboxylic acids is 1. The molecule has 3 rings (SSSR count). The number of carboxylic acids is 1. The number of aryl methyl sites for hydroxylation is 1. The number of benzene rings is 1. The molecule has 0 radical (unpaired) electrons. The van der Waals surface area contributed by atoms with E-state index in [-0.39, 0.29) is 18.9 Å². The van der Waals surface area contributed by atoms with E-state index in [1.54, 1.807) is 18.9 Å². The Morgan fingerprint density at radius 2 is 2.08 bits per heavy atom. The number of rotatable bonds is 6. The first-order valence-electron chi connectivity index (χ1n) is 8.39. The highest BCUT2D eigenvalue weighted by atomic mass is 16.5. The maximum atomic E-state index is 12.3. The van der Waals surface area contributed by atoms with Gasteiger partial charge in [0, 0.05) is 31.5 Å². The van der Waals surface area contributed by atoms with Crippen LogP contribution < -0.4 is 4.74 Å².